The standard InChI is InChI=1S/C14H13BrClNO2/c1-18-11-4-2-3-9(5-11)8-19-14-12(15)6-10(16)7-13(14)17/h2-7H,8,17H2,1H3. The zero-order valence-corrected chi connectivity index (χ0v) is 12.7. The highest BCUT2D eigenvalue weighted by Gasteiger charge is 2.08. The van der Waals surface area contributed by atoms with Crippen molar-refractivity contribution in [1.29, 1.82) is 0 Å². The summed E-state index contributed by atoms with van der Waals surface area (Å²) in [5, 5.41) is 0.568. The van der Waals surface area contributed by atoms with Crippen molar-refractivity contribution in [2.75, 3.05) is 12.8 Å². The van der Waals surface area contributed by atoms with Gasteiger partial charge in [-0.25, -0.2) is 0 Å². The SMILES string of the molecule is COc1cccc(COc2c(N)cc(Cl)cc2Br)c1. The number of rotatable bonds is 4. The molecule has 0 saturated heterocycles. The Morgan fingerprint density at radius 2 is 2.05 bits per heavy atom. The molecule has 0 aliphatic heterocycles. The van der Waals surface area contributed by atoms with Gasteiger partial charge < -0.3 is 15.2 Å². The van der Waals surface area contributed by atoms with Gasteiger partial charge in [0, 0.05) is 5.02 Å². The Bertz CT molecular complexity index is 566. The quantitative estimate of drug-likeness (QED) is 0.844. The maximum Gasteiger partial charge on any atom is 0.156 e. The number of nitrogens with two attached hydrogens (primary N) is 1. The molecule has 2 aromatic carbocycles. The van der Waals surface area contributed by atoms with Crippen molar-refractivity contribution in [3.63, 3.8) is 0 Å². The van der Waals surface area contributed by atoms with Crippen molar-refractivity contribution in [2.24, 2.45) is 0 Å². The van der Waals surface area contributed by atoms with E-state index in [2.05, 4.69) is 15.9 Å². The van der Waals surface area contributed by atoms with Crippen LogP contribution in [0.25, 0.3) is 0 Å². The van der Waals surface area contributed by atoms with Crippen molar-refractivity contribution in [2.45, 2.75) is 6.61 Å². The Labute approximate surface area is 125 Å². The third kappa shape index (κ3) is 3.55. The summed E-state index contributed by atoms with van der Waals surface area (Å²) in [5.41, 5.74) is 7.38. The maximum atomic E-state index is 5.90. The van der Waals surface area contributed by atoms with Gasteiger partial charge in [0.2, 0.25) is 0 Å². The lowest BCUT2D eigenvalue weighted by Gasteiger charge is -2.12. The summed E-state index contributed by atoms with van der Waals surface area (Å²) in [5.74, 6) is 1.39. The number of anilines is 1. The molecule has 0 atom stereocenters. The summed E-state index contributed by atoms with van der Waals surface area (Å²) >= 11 is 9.28. The first-order valence-electron chi connectivity index (χ1n) is 5.60. The highest BCUT2D eigenvalue weighted by molar-refractivity contribution is 9.10. The van der Waals surface area contributed by atoms with Gasteiger partial charge in [-0.1, -0.05) is 23.7 Å². The second-order valence-electron chi connectivity index (χ2n) is 3.95. The normalized spacial score (nSPS) is 10.3. The molecule has 2 aromatic rings. The van der Waals surface area contributed by atoms with Gasteiger partial charge in [0.15, 0.2) is 5.75 Å². The van der Waals surface area contributed by atoms with E-state index in [1.165, 1.54) is 0 Å². The number of ether oxygens (including phenoxy) is 2. The van der Waals surface area contributed by atoms with Crippen LogP contribution in [0.1, 0.15) is 5.56 Å². The van der Waals surface area contributed by atoms with Crippen LogP contribution in [0.5, 0.6) is 11.5 Å². The van der Waals surface area contributed by atoms with E-state index in [1.807, 2.05) is 24.3 Å². The van der Waals surface area contributed by atoms with Gasteiger partial charge >= 0.3 is 0 Å². The van der Waals surface area contributed by atoms with E-state index >= 15 is 0 Å². The van der Waals surface area contributed by atoms with Crippen LogP contribution in [0, 0.1) is 0 Å². The molecule has 0 aromatic heterocycles. The van der Waals surface area contributed by atoms with Gasteiger partial charge in [0.25, 0.3) is 0 Å². The number of nitrogen functional groups attached to an aromatic ring is 1. The summed E-state index contributed by atoms with van der Waals surface area (Å²) in [6.45, 7) is 0.404. The summed E-state index contributed by atoms with van der Waals surface area (Å²) in [6, 6.07) is 11.1. The predicted octanol–water partition coefficient (Wildman–Crippen LogP) is 4.27. The molecule has 0 fully saturated rings. The molecular weight excluding hydrogens is 330 g/mol. The second-order valence-corrected chi connectivity index (χ2v) is 5.24. The molecule has 0 amide bonds. The topological polar surface area (TPSA) is 44.5 Å². The van der Waals surface area contributed by atoms with Crippen LogP contribution < -0.4 is 15.2 Å². The van der Waals surface area contributed by atoms with Crippen molar-refractivity contribution in [3.05, 3.63) is 51.5 Å². The van der Waals surface area contributed by atoms with E-state index in [4.69, 9.17) is 26.8 Å². The Morgan fingerprint density at radius 1 is 1.26 bits per heavy atom. The Balaban J connectivity index is 2.14. The number of hydrogen-bond donors (Lipinski definition) is 1. The lowest BCUT2D eigenvalue weighted by molar-refractivity contribution is 0.305. The van der Waals surface area contributed by atoms with Gasteiger partial charge in [0.05, 0.1) is 17.3 Å². The minimum absolute atomic E-state index is 0.404. The van der Waals surface area contributed by atoms with Gasteiger partial charge in [-0.2, -0.15) is 0 Å². The number of hydrogen-bond acceptors (Lipinski definition) is 3. The molecule has 0 saturated carbocycles. The van der Waals surface area contributed by atoms with Gasteiger partial charge in [-0.3, -0.25) is 0 Å². The van der Waals surface area contributed by atoms with E-state index in [0.717, 1.165) is 15.8 Å². The molecule has 0 unspecified atom stereocenters. The molecule has 0 aliphatic carbocycles. The molecule has 0 aliphatic rings. The van der Waals surface area contributed by atoms with Gasteiger partial charge in [0.1, 0.15) is 12.4 Å². The smallest absolute Gasteiger partial charge is 0.156 e. The highest BCUT2D eigenvalue weighted by Crippen LogP contribution is 2.35. The summed E-state index contributed by atoms with van der Waals surface area (Å²) < 4.78 is 11.6. The average Bonchev–Trinajstić information content (AvgIpc) is 2.37. The van der Waals surface area contributed by atoms with Crippen molar-refractivity contribution < 1.29 is 9.47 Å². The Hall–Kier alpha value is -1.39. The first-order chi connectivity index (χ1) is 9.10. The van der Waals surface area contributed by atoms with E-state index in [-0.39, 0.29) is 0 Å². The molecule has 5 heteroatoms. The van der Waals surface area contributed by atoms with E-state index in [0.29, 0.717) is 23.1 Å². The lowest BCUT2D eigenvalue weighted by atomic mass is 10.2. The lowest BCUT2D eigenvalue weighted by Crippen LogP contribution is -2.00. The van der Waals surface area contributed by atoms with Gasteiger partial charge in [-0.15, -0.1) is 0 Å². The Morgan fingerprint density at radius 3 is 2.74 bits per heavy atom. The van der Waals surface area contributed by atoms with Crippen molar-refractivity contribution in [1.82, 2.24) is 0 Å². The molecule has 3 nitrogen and oxygen atoms in total. The maximum absolute atomic E-state index is 5.90. The first kappa shape index (κ1) is 14.0. The van der Waals surface area contributed by atoms with Crippen molar-refractivity contribution >= 4 is 33.2 Å². The molecule has 2 rings (SSSR count). The fraction of sp³-hybridized carbons (Fsp3) is 0.143. The van der Waals surface area contributed by atoms with Crippen LogP contribution in [0.3, 0.4) is 0 Å². The van der Waals surface area contributed by atoms with E-state index in [9.17, 15) is 0 Å². The molecule has 19 heavy (non-hydrogen) atoms. The Kier molecular flexibility index (Phi) is 4.56. The molecule has 0 heterocycles. The van der Waals surface area contributed by atoms with Crippen LogP contribution in [-0.4, -0.2) is 7.11 Å². The minimum atomic E-state index is 0.404. The zero-order valence-electron chi connectivity index (χ0n) is 10.3. The monoisotopic (exact) mass is 341 g/mol. The van der Waals surface area contributed by atoms with E-state index in [1.54, 1.807) is 19.2 Å². The fourth-order valence-electron chi connectivity index (χ4n) is 1.65. The summed E-state index contributed by atoms with van der Waals surface area (Å²) in [4.78, 5) is 0. The number of methoxy groups -OCH3 is 1. The predicted molar refractivity (Wildman–Crippen MR) is 80.9 cm³/mol. The van der Waals surface area contributed by atoms with Crippen LogP contribution in [0.15, 0.2) is 40.9 Å². The fourth-order valence-corrected chi connectivity index (χ4v) is 2.60. The van der Waals surface area contributed by atoms with Crippen LogP contribution in [0.2, 0.25) is 5.02 Å². The first-order valence-corrected chi connectivity index (χ1v) is 6.77. The van der Waals surface area contributed by atoms with Crippen LogP contribution in [-0.2, 0) is 6.61 Å². The molecule has 0 radical (unpaired) electrons. The second kappa shape index (κ2) is 6.17. The molecule has 100 valence electrons. The van der Waals surface area contributed by atoms with Crippen LogP contribution >= 0.6 is 27.5 Å². The number of halogens is 2. The third-order valence-electron chi connectivity index (χ3n) is 2.55. The summed E-state index contributed by atoms with van der Waals surface area (Å²) in [7, 11) is 1.63. The third-order valence-corrected chi connectivity index (χ3v) is 3.36. The van der Waals surface area contributed by atoms with Crippen molar-refractivity contribution in [3.8, 4) is 11.5 Å². The highest BCUT2D eigenvalue weighted by atomic mass is 79.9. The largest absolute Gasteiger partial charge is 0.497 e. The summed E-state index contributed by atoms with van der Waals surface area (Å²) in [6.07, 6.45) is 0. The molecular formula is C14H13BrClNO2. The molecule has 0 spiro atoms. The van der Waals surface area contributed by atoms with Crippen LogP contribution in [0.4, 0.5) is 5.69 Å². The molecule has 2 N–H and O–H groups in total. The molecule has 0 bridgehead atoms. The van der Waals surface area contributed by atoms with E-state index < -0.39 is 0 Å². The van der Waals surface area contributed by atoms with Gasteiger partial charge in [-0.05, 0) is 45.8 Å². The minimum Gasteiger partial charge on any atom is -0.497 e. The average molecular weight is 343 g/mol. The number of benzene rings is 2. The zero-order chi connectivity index (χ0) is 13.8.